The molecule has 3 rings (SSSR count). The van der Waals surface area contributed by atoms with Crippen molar-refractivity contribution in [2.24, 2.45) is 5.73 Å². The molecule has 1 unspecified atom stereocenters. The van der Waals surface area contributed by atoms with Gasteiger partial charge in [-0.1, -0.05) is 12.1 Å². The van der Waals surface area contributed by atoms with Gasteiger partial charge in [0.1, 0.15) is 11.7 Å². The molecule has 0 spiro atoms. The number of hydrogen-bond donors (Lipinski definition) is 1. The lowest BCUT2D eigenvalue weighted by molar-refractivity contribution is -0.138. The van der Waals surface area contributed by atoms with Gasteiger partial charge in [-0.3, -0.25) is 14.5 Å². The van der Waals surface area contributed by atoms with E-state index >= 15 is 0 Å². The van der Waals surface area contributed by atoms with Crippen LogP contribution in [0.25, 0.3) is 10.2 Å². The molecule has 1 fully saturated rings. The predicted molar refractivity (Wildman–Crippen MR) is 90.6 cm³/mol. The highest BCUT2D eigenvalue weighted by atomic mass is 32.1. The number of fused-ring (bicyclic) bond motifs is 1. The number of carbonyl (C=O) groups is 2. The fraction of sp³-hybridized carbons (Fsp3) is 0.438. The van der Waals surface area contributed by atoms with Gasteiger partial charge in [0.2, 0.25) is 11.8 Å². The number of hydrogen-bond acceptors (Lipinski definition) is 5. The number of thiazole rings is 1. The van der Waals surface area contributed by atoms with Gasteiger partial charge in [-0.2, -0.15) is 0 Å². The predicted octanol–water partition coefficient (Wildman–Crippen LogP) is 0.979. The number of primary amides is 1. The Morgan fingerprint density at radius 1 is 1.25 bits per heavy atom. The average molecular weight is 350 g/mol. The van der Waals surface area contributed by atoms with E-state index in [4.69, 9.17) is 5.73 Å². The van der Waals surface area contributed by atoms with E-state index < -0.39 is 18.5 Å². The highest BCUT2D eigenvalue weighted by Gasteiger charge is 2.34. The van der Waals surface area contributed by atoms with Crippen molar-refractivity contribution in [1.29, 1.82) is 0 Å². The van der Waals surface area contributed by atoms with Gasteiger partial charge in [0, 0.05) is 32.7 Å². The third-order valence-electron chi connectivity index (χ3n) is 4.17. The second kappa shape index (κ2) is 7.23. The molecule has 0 aliphatic carbocycles. The van der Waals surface area contributed by atoms with E-state index in [1.54, 1.807) is 4.90 Å². The largest absolute Gasteiger partial charge is 0.369 e. The zero-order valence-corrected chi connectivity index (χ0v) is 14.0. The number of benzene rings is 1. The molecule has 1 aromatic carbocycles. The summed E-state index contributed by atoms with van der Waals surface area (Å²) < 4.78 is 13.3. The van der Waals surface area contributed by atoms with Crippen LogP contribution in [0.2, 0.25) is 0 Å². The number of nitrogens with two attached hydrogens (primary N) is 1. The molecule has 6 nitrogen and oxygen atoms in total. The van der Waals surface area contributed by atoms with Gasteiger partial charge in [0.25, 0.3) is 0 Å². The summed E-state index contributed by atoms with van der Waals surface area (Å²) in [7, 11) is 0. The molecule has 2 heterocycles. The fourth-order valence-electron chi connectivity index (χ4n) is 2.86. The third kappa shape index (κ3) is 3.39. The van der Waals surface area contributed by atoms with Gasteiger partial charge in [-0.15, -0.1) is 11.3 Å². The van der Waals surface area contributed by atoms with Gasteiger partial charge in [-0.25, -0.2) is 9.37 Å². The standard InChI is InChI=1S/C16H19FN4O2S/c17-5-6-20-7-9-21(10-8-20)16(23)13(14(18)22)15-19-11-3-1-2-4-12(11)24-15/h1-4,13H,5-10H2,(H2,18,22). The van der Waals surface area contributed by atoms with Crippen molar-refractivity contribution < 1.29 is 14.0 Å². The Balaban J connectivity index is 1.78. The van der Waals surface area contributed by atoms with Crippen LogP contribution in [0.3, 0.4) is 0 Å². The second-order valence-corrected chi connectivity index (χ2v) is 6.77. The Bertz CT molecular complexity index is 710. The number of alkyl halides is 1. The Labute approximate surface area is 143 Å². The van der Waals surface area contributed by atoms with Crippen LogP contribution in [-0.2, 0) is 9.59 Å². The molecule has 1 aliphatic rings. The average Bonchev–Trinajstić information content (AvgIpc) is 2.98. The van der Waals surface area contributed by atoms with Crippen LogP contribution in [-0.4, -0.2) is 66.0 Å². The Hall–Kier alpha value is -2.06. The first kappa shape index (κ1) is 16.8. The molecule has 0 radical (unpaired) electrons. The number of piperazine rings is 1. The van der Waals surface area contributed by atoms with Gasteiger partial charge in [0.05, 0.1) is 10.2 Å². The summed E-state index contributed by atoms with van der Waals surface area (Å²) in [4.78, 5) is 32.7. The number of para-hydroxylation sites is 1. The number of nitrogens with zero attached hydrogens (tertiary/aromatic N) is 3. The monoisotopic (exact) mass is 350 g/mol. The summed E-state index contributed by atoms with van der Waals surface area (Å²) in [6, 6.07) is 7.48. The van der Waals surface area contributed by atoms with Crippen LogP contribution in [0.1, 0.15) is 10.9 Å². The fourth-order valence-corrected chi connectivity index (χ4v) is 3.93. The molecule has 24 heavy (non-hydrogen) atoms. The number of halogens is 1. The van der Waals surface area contributed by atoms with E-state index in [-0.39, 0.29) is 5.91 Å². The molecule has 8 heteroatoms. The normalized spacial score (nSPS) is 17.1. The smallest absolute Gasteiger partial charge is 0.242 e. The maximum Gasteiger partial charge on any atom is 0.242 e. The van der Waals surface area contributed by atoms with Crippen LogP contribution < -0.4 is 5.73 Å². The molecule has 128 valence electrons. The van der Waals surface area contributed by atoms with Crippen molar-refractivity contribution in [3.8, 4) is 0 Å². The van der Waals surface area contributed by atoms with Crippen molar-refractivity contribution in [3.05, 3.63) is 29.3 Å². The van der Waals surface area contributed by atoms with Crippen molar-refractivity contribution in [2.75, 3.05) is 39.4 Å². The van der Waals surface area contributed by atoms with E-state index in [2.05, 4.69) is 4.98 Å². The first-order valence-electron chi connectivity index (χ1n) is 7.82. The van der Waals surface area contributed by atoms with E-state index in [0.717, 1.165) is 10.2 Å². The Morgan fingerprint density at radius 2 is 1.96 bits per heavy atom. The van der Waals surface area contributed by atoms with Crippen molar-refractivity contribution in [2.45, 2.75) is 5.92 Å². The molecule has 1 saturated heterocycles. The first-order chi connectivity index (χ1) is 11.6. The molecule has 2 N–H and O–H groups in total. The summed E-state index contributed by atoms with van der Waals surface area (Å²) in [5, 5.41) is 0.430. The summed E-state index contributed by atoms with van der Waals surface area (Å²) in [6.45, 7) is 2.10. The van der Waals surface area contributed by atoms with Crippen LogP contribution in [0, 0.1) is 0 Å². The zero-order chi connectivity index (χ0) is 17.1. The van der Waals surface area contributed by atoms with Crippen LogP contribution in [0.4, 0.5) is 4.39 Å². The van der Waals surface area contributed by atoms with Crippen LogP contribution in [0.5, 0.6) is 0 Å². The molecule has 2 aromatic rings. The second-order valence-electron chi connectivity index (χ2n) is 5.71. The molecule has 1 atom stereocenters. The lowest BCUT2D eigenvalue weighted by atomic mass is 10.1. The number of amides is 2. The molecular formula is C16H19FN4O2S. The van der Waals surface area contributed by atoms with Gasteiger partial charge in [0.15, 0.2) is 5.92 Å². The summed E-state index contributed by atoms with van der Waals surface area (Å²) in [5.41, 5.74) is 6.25. The number of rotatable bonds is 5. The van der Waals surface area contributed by atoms with Gasteiger partial charge < -0.3 is 10.6 Å². The summed E-state index contributed by atoms with van der Waals surface area (Å²) in [6.07, 6.45) is 0. The van der Waals surface area contributed by atoms with Gasteiger partial charge in [-0.05, 0) is 12.1 Å². The topological polar surface area (TPSA) is 79.5 Å². The summed E-state index contributed by atoms with van der Waals surface area (Å²) in [5.74, 6) is -2.07. The molecule has 0 bridgehead atoms. The molecular weight excluding hydrogens is 331 g/mol. The third-order valence-corrected chi connectivity index (χ3v) is 5.27. The summed E-state index contributed by atoms with van der Waals surface area (Å²) >= 11 is 1.32. The van der Waals surface area contributed by atoms with Crippen molar-refractivity contribution in [3.63, 3.8) is 0 Å². The van der Waals surface area contributed by atoms with Crippen LogP contribution in [0.15, 0.2) is 24.3 Å². The quantitative estimate of drug-likeness (QED) is 0.815. The van der Waals surface area contributed by atoms with Crippen LogP contribution >= 0.6 is 11.3 Å². The van der Waals surface area contributed by atoms with E-state index in [9.17, 15) is 14.0 Å². The van der Waals surface area contributed by atoms with E-state index in [1.165, 1.54) is 11.3 Å². The minimum Gasteiger partial charge on any atom is -0.369 e. The van der Waals surface area contributed by atoms with Gasteiger partial charge >= 0.3 is 0 Å². The maximum absolute atomic E-state index is 12.8. The molecule has 1 aliphatic heterocycles. The Kier molecular flexibility index (Phi) is 5.06. The first-order valence-corrected chi connectivity index (χ1v) is 8.63. The van der Waals surface area contributed by atoms with E-state index in [1.807, 2.05) is 29.2 Å². The number of aromatic nitrogens is 1. The SMILES string of the molecule is NC(=O)C(C(=O)N1CCN(CCF)CC1)c1nc2ccccc2s1. The highest BCUT2D eigenvalue weighted by Crippen LogP contribution is 2.29. The highest BCUT2D eigenvalue weighted by molar-refractivity contribution is 7.18. The zero-order valence-electron chi connectivity index (χ0n) is 13.2. The molecule has 1 aromatic heterocycles. The van der Waals surface area contributed by atoms with Crippen molar-refractivity contribution in [1.82, 2.24) is 14.8 Å². The number of carbonyl (C=O) groups excluding carboxylic acids is 2. The minimum atomic E-state index is -1.06. The van der Waals surface area contributed by atoms with Crippen molar-refractivity contribution >= 4 is 33.4 Å². The van der Waals surface area contributed by atoms with E-state index in [0.29, 0.717) is 37.7 Å². The maximum atomic E-state index is 12.8. The lowest BCUT2D eigenvalue weighted by Crippen LogP contribution is -2.51. The molecule has 2 amide bonds. The lowest BCUT2D eigenvalue weighted by Gasteiger charge is -2.35. The Morgan fingerprint density at radius 3 is 2.58 bits per heavy atom. The minimum absolute atomic E-state index is 0.318. The molecule has 0 saturated carbocycles.